The van der Waals surface area contributed by atoms with E-state index < -0.39 is 11.9 Å². The maximum Gasteiger partial charge on any atom is 0.293 e. The second-order valence-corrected chi connectivity index (χ2v) is 18.2. The minimum atomic E-state index is -0.769. The molecule has 338 valence electrons. The fraction of sp³-hybridized carbons (Fsp3) is 0.500. The van der Waals surface area contributed by atoms with Gasteiger partial charge in [-0.05, 0) is 114 Å². The highest BCUT2D eigenvalue weighted by Gasteiger charge is 2.42. The molecule has 4 aliphatic heterocycles. The molecule has 0 radical (unpaired) electrons. The van der Waals surface area contributed by atoms with Crippen molar-refractivity contribution in [2.45, 2.75) is 108 Å². The van der Waals surface area contributed by atoms with Crippen molar-refractivity contribution in [2.24, 2.45) is 0 Å². The zero-order valence-corrected chi connectivity index (χ0v) is 37.0. The number of halogens is 2. The topological polar surface area (TPSA) is 180 Å². The minimum absolute atomic E-state index is 0.0380. The average Bonchev–Trinajstić information content (AvgIpc) is 3.61. The van der Waals surface area contributed by atoms with Crippen molar-refractivity contribution in [2.75, 3.05) is 50.1 Å². The number of piperidine rings is 3. The summed E-state index contributed by atoms with van der Waals surface area (Å²) in [7, 11) is 1.51. The van der Waals surface area contributed by atoms with Crippen LogP contribution in [0.25, 0.3) is 10.9 Å². The van der Waals surface area contributed by atoms with Crippen LogP contribution in [0.5, 0.6) is 5.75 Å². The number of likely N-dealkylation sites (N-methyl/N-ethyl adjacent to an activating group) is 1. The maximum atomic E-state index is 16.0. The highest BCUT2D eigenvalue weighted by Crippen LogP contribution is 2.39. The molecule has 1 atom stereocenters. The molecular weight excluding hydrogens is 845 g/mol. The van der Waals surface area contributed by atoms with Crippen LogP contribution < -0.4 is 31.1 Å². The van der Waals surface area contributed by atoms with E-state index in [1.54, 1.807) is 29.0 Å². The van der Waals surface area contributed by atoms with E-state index in [2.05, 4.69) is 30.7 Å². The van der Waals surface area contributed by atoms with Gasteiger partial charge in [-0.1, -0.05) is 17.7 Å². The van der Waals surface area contributed by atoms with Gasteiger partial charge in [-0.2, -0.15) is 4.98 Å². The second-order valence-electron chi connectivity index (χ2n) is 17.8. The quantitative estimate of drug-likeness (QED) is 0.159. The number of likely N-dealkylation sites (tertiary alicyclic amines) is 1. The van der Waals surface area contributed by atoms with Gasteiger partial charge in [0.15, 0.2) is 18.2 Å². The standard InChI is InChI=1S/C46H53ClFN9O7/c1-25(2)57-36-7-4-28(18-27(36)19-38(45(57)62)63-24-40(59)49-3)51-42-35(47)22-50-46(53-42)55-16-12-30(13-17-55)64-31-20-29(21-31)54-14-10-26(11-15-54)32-5-6-33-34(41(32)48)23-56(44(33)61)37-8-9-39(58)52-43(37)60/h4-7,18-19,22,25-26,29-31,37H,8-17,20-21,23-24H2,1-3H3,(H,49,59)(H,50,51,53)(H,52,58,60)/t29-,31+,37?. The van der Waals surface area contributed by atoms with Crippen LogP contribution in [-0.4, -0.2) is 112 Å². The zero-order chi connectivity index (χ0) is 44.8. The Labute approximate surface area is 374 Å². The lowest BCUT2D eigenvalue weighted by molar-refractivity contribution is -0.137. The van der Waals surface area contributed by atoms with Crippen molar-refractivity contribution in [1.29, 1.82) is 0 Å². The molecule has 1 aliphatic carbocycles. The molecule has 4 fully saturated rings. The normalized spacial score (nSPS) is 22.2. The van der Waals surface area contributed by atoms with Gasteiger partial charge >= 0.3 is 0 Å². The largest absolute Gasteiger partial charge is 0.478 e. The molecule has 1 unspecified atom stereocenters. The van der Waals surface area contributed by atoms with Gasteiger partial charge in [0.25, 0.3) is 17.4 Å². The van der Waals surface area contributed by atoms with E-state index in [9.17, 15) is 24.0 Å². The van der Waals surface area contributed by atoms with Crippen molar-refractivity contribution < 1.29 is 33.0 Å². The molecule has 2 aromatic heterocycles. The van der Waals surface area contributed by atoms with Gasteiger partial charge in [-0.3, -0.25) is 29.3 Å². The maximum absolute atomic E-state index is 16.0. The molecule has 9 rings (SSSR count). The predicted octanol–water partition coefficient (Wildman–Crippen LogP) is 5.19. The average molecular weight is 898 g/mol. The number of carbonyl (C=O) groups excluding carboxylic acids is 4. The van der Waals surface area contributed by atoms with E-state index in [4.69, 9.17) is 26.1 Å². The van der Waals surface area contributed by atoms with Gasteiger partial charge in [-0.15, -0.1) is 0 Å². The van der Waals surface area contributed by atoms with Crippen molar-refractivity contribution in [3.63, 3.8) is 0 Å². The van der Waals surface area contributed by atoms with Crippen molar-refractivity contribution >= 4 is 63.6 Å². The van der Waals surface area contributed by atoms with Crippen LogP contribution in [0.2, 0.25) is 5.02 Å². The summed E-state index contributed by atoms with van der Waals surface area (Å²) in [6.07, 6.45) is 7.63. The number of ether oxygens (including phenoxy) is 2. The summed E-state index contributed by atoms with van der Waals surface area (Å²) < 4.78 is 29.8. The molecule has 4 aromatic rings. The molecule has 64 heavy (non-hydrogen) atoms. The minimum Gasteiger partial charge on any atom is -0.478 e. The monoisotopic (exact) mass is 897 g/mol. The van der Waals surface area contributed by atoms with E-state index in [1.165, 1.54) is 11.9 Å². The number of nitrogens with zero attached hydrogens (tertiary/aromatic N) is 6. The molecule has 0 spiro atoms. The molecule has 5 aliphatic rings. The molecule has 1 saturated carbocycles. The first-order chi connectivity index (χ1) is 30.8. The van der Waals surface area contributed by atoms with Crippen LogP contribution >= 0.6 is 11.6 Å². The Morgan fingerprint density at radius 1 is 0.984 bits per heavy atom. The van der Waals surface area contributed by atoms with E-state index in [-0.39, 0.29) is 85.0 Å². The van der Waals surface area contributed by atoms with Crippen LogP contribution in [-0.2, 0) is 25.7 Å². The summed E-state index contributed by atoms with van der Waals surface area (Å²) in [6, 6.07) is 10.2. The third-order valence-electron chi connectivity index (χ3n) is 13.5. The van der Waals surface area contributed by atoms with Crippen LogP contribution in [0.15, 0.2) is 47.4 Å². The molecule has 2 aromatic carbocycles. The van der Waals surface area contributed by atoms with E-state index in [0.717, 1.165) is 75.6 Å². The van der Waals surface area contributed by atoms with Gasteiger partial charge in [0, 0.05) is 60.8 Å². The Hall–Kier alpha value is -5.65. The highest BCUT2D eigenvalue weighted by molar-refractivity contribution is 6.33. The number of rotatable bonds is 12. The fourth-order valence-electron chi connectivity index (χ4n) is 9.89. The van der Waals surface area contributed by atoms with Crippen LogP contribution in [0.3, 0.4) is 0 Å². The number of amides is 4. The lowest BCUT2D eigenvalue weighted by Crippen LogP contribution is -2.52. The third kappa shape index (κ3) is 8.64. The van der Waals surface area contributed by atoms with Gasteiger partial charge in [0.1, 0.15) is 16.9 Å². The first kappa shape index (κ1) is 43.6. The van der Waals surface area contributed by atoms with Crippen LogP contribution in [0.4, 0.5) is 21.8 Å². The van der Waals surface area contributed by atoms with E-state index in [1.807, 2.05) is 32.0 Å². The molecular formula is C46H53ClFN9O7. The van der Waals surface area contributed by atoms with E-state index in [0.29, 0.717) is 45.2 Å². The summed E-state index contributed by atoms with van der Waals surface area (Å²) in [5, 5.41) is 9.23. The number of imide groups is 1. The number of fused-ring (bicyclic) bond motifs is 2. The number of aromatic nitrogens is 3. The number of nitrogens with one attached hydrogen (secondary N) is 3. The molecule has 6 heterocycles. The first-order valence-electron chi connectivity index (χ1n) is 22.3. The molecule has 16 nitrogen and oxygen atoms in total. The second kappa shape index (κ2) is 18.1. The molecule has 4 amide bonds. The Kier molecular flexibility index (Phi) is 12.3. The SMILES string of the molecule is CNC(=O)COc1cc2cc(Nc3nc(N4CCC(O[C@H]5C[C@@H](N6CCC(c7ccc8c(c7F)CN(C7CCC(=O)NC7=O)C8=O)CC6)C5)CC4)ncc3Cl)ccc2n(C(C)C)c1=O. The van der Waals surface area contributed by atoms with E-state index >= 15 is 4.39 Å². The lowest BCUT2D eigenvalue weighted by atomic mass is 9.83. The number of hydrogen-bond acceptors (Lipinski definition) is 12. The first-order valence-corrected chi connectivity index (χ1v) is 22.7. The van der Waals surface area contributed by atoms with Crippen LogP contribution in [0, 0.1) is 5.82 Å². The lowest BCUT2D eigenvalue weighted by Gasteiger charge is -2.47. The van der Waals surface area contributed by atoms with Gasteiger partial charge < -0.3 is 39.4 Å². The van der Waals surface area contributed by atoms with Crippen LogP contribution in [0.1, 0.15) is 98.7 Å². The van der Waals surface area contributed by atoms with Crippen molar-refractivity contribution in [3.05, 3.63) is 80.5 Å². The number of pyridine rings is 1. The molecule has 3 saturated heterocycles. The van der Waals surface area contributed by atoms with Gasteiger partial charge in [0.2, 0.25) is 17.8 Å². The summed E-state index contributed by atoms with van der Waals surface area (Å²) in [5.41, 5.74) is 2.41. The summed E-state index contributed by atoms with van der Waals surface area (Å²) >= 11 is 6.59. The predicted molar refractivity (Wildman–Crippen MR) is 238 cm³/mol. The number of anilines is 3. The Morgan fingerprint density at radius 3 is 2.47 bits per heavy atom. The van der Waals surface area contributed by atoms with Crippen molar-refractivity contribution in [1.82, 2.24) is 35.0 Å². The van der Waals surface area contributed by atoms with Crippen molar-refractivity contribution in [3.8, 4) is 5.75 Å². The zero-order valence-electron chi connectivity index (χ0n) is 36.2. The number of carbonyl (C=O) groups is 4. The van der Waals surface area contributed by atoms with Gasteiger partial charge in [0.05, 0.1) is 30.5 Å². The summed E-state index contributed by atoms with van der Waals surface area (Å²) in [4.78, 5) is 77.7. The summed E-state index contributed by atoms with van der Waals surface area (Å²) in [6.45, 7) is 6.81. The molecule has 0 bridgehead atoms. The molecule has 18 heteroatoms. The summed E-state index contributed by atoms with van der Waals surface area (Å²) in [5.74, 6) is -0.732. The highest BCUT2D eigenvalue weighted by atomic mass is 35.5. The Balaban J connectivity index is 0.746. The fourth-order valence-corrected chi connectivity index (χ4v) is 10.0. The smallest absolute Gasteiger partial charge is 0.293 e. The number of hydrogen-bond donors (Lipinski definition) is 3. The Morgan fingerprint density at radius 2 is 1.75 bits per heavy atom. The van der Waals surface area contributed by atoms with Gasteiger partial charge in [-0.25, -0.2) is 9.37 Å². The number of benzene rings is 2. The third-order valence-corrected chi connectivity index (χ3v) is 13.8. The Bertz CT molecular complexity index is 2550. The molecule has 3 N–H and O–H groups in total.